The lowest BCUT2D eigenvalue weighted by Crippen LogP contribution is -2.47. The summed E-state index contributed by atoms with van der Waals surface area (Å²) in [5, 5.41) is 0.157. The molecular weight excluding hydrogens is 546 g/mol. The van der Waals surface area contributed by atoms with Gasteiger partial charge in [-0.25, -0.2) is 0 Å². The molecule has 1 saturated heterocycles. The molecule has 210 valence electrons. The summed E-state index contributed by atoms with van der Waals surface area (Å²) in [6, 6.07) is 23.6. The largest absolute Gasteiger partial charge is 0.497 e. The normalized spacial score (nSPS) is 19.6. The van der Waals surface area contributed by atoms with Crippen LogP contribution in [0.25, 0.3) is 0 Å². The van der Waals surface area contributed by atoms with Crippen molar-refractivity contribution in [2.24, 2.45) is 0 Å². The molecule has 2 aliphatic heterocycles. The van der Waals surface area contributed by atoms with Gasteiger partial charge in [0.05, 0.1) is 18.0 Å². The number of fused-ring (bicyclic) bond motifs is 1. The van der Waals surface area contributed by atoms with E-state index in [4.69, 9.17) is 21.1 Å². The molecule has 0 N–H and O–H groups in total. The minimum Gasteiger partial charge on any atom is -0.497 e. The third-order valence-electron chi connectivity index (χ3n) is 7.34. The maximum absolute atomic E-state index is 14.1. The van der Waals surface area contributed by atoms with Gasteiger partial charge in [-0.2, -0.15) is 0 Å². The lowest BCUT2D eigenvalue weighted by Gasteiger charge is -2.36. The van der Waals surface area contributed by atoms with Crippen molar-refractivity contribution in [3.05, 3.63) is 83.4 Å². The number of piperazine rings is 1. The average molecular weight is 580 g/mol. The van der Waals surface area contributed by atoms with Gasteiger partial charge in [0.25, 0.3) is 5.91 Å². The monoisotopic (exact) mass is 579 g/mol. The Bertz CT molecular complexity index is 1320. The fourth-order valence-corrected chi connectivity index (χ4v) is 6.88. The van der Waals surface area contributed by atoms with Gasteiger partial charge in [0.1, 0.15) is 5.75 Å². The minimum atomic E-state index is -0.975. The Morgan fingerprint density at radius 1 is 0.975 bits per heavy atom. The maximum atomic E-state index is 14.1. The molecule has 0 aromatic heterocycles. The van der Waals surface area contributed by atoms with Gasteiger partial charge in [-0.1, -0.05) is 41.9 Å². The number of methoxy groups -OCH3 is 1. The molecule has 9 heteroatoms. The number of hydrogen-bond acceptors (Lipinski definition) is 7. The van der Waals surface area contributed by atoms with E-state index in [-0.39, 0.29) is 5.91 Å². The van der Waals surface area contributed by atoms with Crippen LogP contribution in [0.2, 0.25) is 5.02 Å². The molecule has 0 spiro atoms. The number of thioether (sulfide) groups is 1. The van der Waals surface area contributed by atoms with Crippen molar-refractivity contribution in [1.82, 2.24) is 4.90 Å². The second kappa shape index (κ2) is 13.0. The molecule has 1 amide bonds. The molecule has 2 atom stereocenters. The lowest BCUT2D eigenvalue weighted by molar-refractivity contribution is -0.152. The zero-order valence-electron chi connectivity index (χ0n) is 22.8. The van der Waals surface area contributed by atoms with Gasteiger partial charge in [-0.05, 0) is 61.0 Å². The zero-order valence-corrected chi connectivity index (χ0v) is 24.4. The second-order valence-corrected chi connectivity index (χ2v) is 11.6. The first kappa shape index (κ1) is 28.3. The quantitative estimate of drug-likeness (QED) is 0.319. The predicted molar refractivity (Wildman–Crippen MR) is 161 cm³/mol. The Morgan fingerprint density at radius 2 is 1.70 bits per heavy atom. The van der Waals surface area contributed by atoms with Gasteiger partial charge < -0.3 is 19.3 Å². The summed E-state index contributed by atoms with van der Waals surface area (Å²) in [6.07, 6.45) is -0.180. The van der Waals surface area contributed by atoms with Crippen molar-refractivity contribution in [2.45, 2.75) is 29.6 Å². The first-order valence-electron chi connectivity index (χ1n) is 13.5. The standard InChI is InChI=1S/C31H34ClN3O4S/c1-22(36)39-29-30(23-9-12-26(38-2)13-10-23)40-28-21-24(32)11-14-27(28)35(31(29)37)16-6-15-33-17-19-34(20-18-33)25-7-4-3-5-8-25/h3-5,7-14,21,29-30H,6,15-20H2,1-2H3. The number of carbonyl (C=O) groups excluding carboxylic acids is 2. The fraction of sp³-hybridized carbons (Fsp3) is 0.355. The Balaban J connectivity index is 1.32. The van der Waals surface area contributed by atoms with Crippen LogP contribution >= 0.6 is 23.4 Å². The number of esters is 1. The third kappa shape index (κ3) is 6.57. The number of nitrogens with zero attached hydrogens (tertiary/aromatic N) is 3. The topological polar surface area (TPSA) is 62.3 Å². The molecule has 0 saturated carbocycles. The summed E-state index contributed by atoms with van der Waals surface area (Å²) in [7, 11) is 1.61. The number of carbonyl (C=O) groups is 2. The fourth-order valence-electron chi connectivity index (χ4n) is 5.28. The number of hydrogen-bond donors (Lipinski definition) is 0. The van der Waals surface area contributed by atoms with Crippen molar-refractivity contribution >= 4 is 46.6 Å². The highest BCUT2D eigenvalue weighted by atomic mass is 35.5. The van der Waals surface area contributed by atoms with Gasteiger partial charge in [0.15, 0.2) is 6.10 Å². The minimum absolute atomic E-state index is 0.224. The van der Waals surface area contributed by atoms with Crippen molar-refractivity contribution in [3.63, 3.8) is 0 Å². The van der Waals surface area contributed by atoms with Crippen molar-refractivity contribution < 1.29 is 19.1 Å². The number of halogens is 1. The Hall–Kier alpha value is -3.20. The van der Waals surface area contributed by atoms with Crippen LogP contribution in [-0.4, -0.2) is 69.3 Å². The predicted octanol–water partition coefficient (Wildman–Crippen LogP) is 5.67. The molecule has 2 unspecified atom stereocenters. The highest BCUT2D eigenvalue weighted by molar-refractivity contribution is 7.99. The molecule has 0 bridgehead atoms. The molecule has 3 aromatic rings. The van der Waals surface area contributed by atoms with Crippen LogP contribution in [0.15, 0.2) is 77.7 Å². The van der Waals surface area contributed by atoms with Crippen LogP contribution in [0.5, 0.6) is 5.75 Å². The molecule has 40 heavy (non-hydrogen) atoms. The molecule has 2 aliphatic rings. The average Bonchev–Trinajstić information content (AvgIpc) is 3.08. The van der Waals surface area contributed by atoms with Gasteiger partial charge >= 0.3 is 5.97 Å². The SMILES string of the molecule is COc1ccc(C2Sc3cc(Cl)ccc3N(CCCN3CCN(c4ccccc4)CC3)C(=O)C2OC(C)=O)cc1. The highest BCUT2D eigenvalue weighted by Crippen LogP contribution is 2.47. The number of amides is 1. The lowest BCUT2D eigenvalue weighted by atomic mass is 10.1. The first-order chi connectivity index (χ1) is 19.4. The molecule has 7 nitrogen and oxygen atoms in total. The Kier molecular flexibility index (Phi) is 9.19. The smallest absolute Gasteiger partial charge is 0.303 e. The molecule has 1 fully saturated rings. The van der Waals surface area contributed by atoms with E-state index >= 15 is 0 Å². The summed E-state index contributed by atoms with van der Waals surface area (Å²) in [5.74, 6) is 0.00332. The van der Waals surface area contributed by atoms with Crippen LogP contribution in [0.1, 0.15) is 24.2 Å². The van der Waals surface area contributed by atoms with E-state index in [0.29, 0.717) is 17.3 Å². The van der Waals surface area contributed by atoms with Crippen molar-refractivity contribution in [1.29, 1.82) is 0 Å². The summed E-state index contributed by atoms with van der Waals surface area (Å²) in [6.45, 7) is 6.63. The van der Waals surface area contributed by atoms with E-state index < -0.39 is 17.3 Å². The summed E-state index contributed by atoms with van der Waals surface area (Å²) in [4.78, 5) is 33.8. The molecule has 2 heterocycles. The van der Waals surface area contributed by atoms with E-state index in [1.54, 1.807) is 18.1 Å². The number of rotatable bonds is 8. The van der Waals surface area contributed by atoms with Gasteiger partial charge in [0.2, 0.25) is 0 Å². The molecule has 0 radical (unpaired) electrons. The zero-order chi connectivity index (χ0) is 28.1. The van der Waals surface area contributed by atoms with E-state index in [1.807, 2.05) is 42.5 Å². The summed E-state index contributed by atoms with van der Waals surface area (Å²) < 4.78 is 11.0. The molecule has 3 aromatic carbocycles. The van der Waals surface area contributed by atoms with Crippen LogP contribution in [0.4, 0.5) is 11.4 Å². The highest BCUT2D eigenvalue weighted by Gasteiger charge is 2.41. The summed E-state index contributed by atoms with van der Waals surface area (Å²) in [5.41, 5.74) is 2.92. The van der Waals surface area contributed by atoms with Crippen LogP contribution in [0, 0.1) is 0 Å². The van der Waals surface area contributed by atoms with Crippen LogP contribution in [0.3, 0.4) is 0 Å². The van der Waals surface area contributed by atoms with E-state index in [9.17, 15) is 9.59 Å². The third-order valence-corrected chi connectivity index (χ3v) is 8.93. The number of anilines is 2. The van der Waals surface area contributed by atoms with E-state index in [0.717, 1.165) is 55.3 Å². The Morgan fingerprint density at radius 3 is 2.38 bits per heavy atom. The van der Waals surface area contributed by atoms with Gasteiger partial charge in [-0.3, -0.25) is 14.5 Å². The molecule has 5 rings (SSSR count). The van der Waals surface area contributed by atoms with Crippen molar-refractivity contribution in [3.8, 4) is 5.75 Å². The van der Waals surface area contributed by atoms with E-state index in [2.05, 4.69) is 34.1 Å². The number of para-hydroxylation sites is 1. The first-order valence-corrected chi connectivity index (χ1v) is 14.8. The number of benzene rings is 3. The van der Waals surface area contributed by atoms with Gasteiger partial charge in [-0.15, -0.1) is 11.8 Å². The van der Waals surface area contributed by atoms with Crippen LogP contribution in [-0.2, 0) is 14.3 Å². The van der Waals surface area contributed by atoms with Gasteiger partial charge in [0, 0.05) is 55.3 Å². The maximum Gasteiger partial charge on any atom is 0.303 e. The summed E-state index contributed by atoms with van der Waals surface area (Å²) >= 11 is 7.90. The second-order valence-electron chi connectivity index (χ2n) is 9.96. The molecular formula is C31H34ClN3O4S. The Labute approximate surface area is 245 Å². The number of ether oxygens (including phenoxy) is 2. The van der Waals surface area contributed by atoms with E-state index in [1.165, 1.54) is 24.4 Å². The van der Waals surface area contributed by atoms with Crippen LogP contribution < -0.4 is 14.5 Å². The molecule has 0 aliphatic carbocycles. The van der Waals surface area contributed by atoms with Crippen molar-refractivity contribution in [2.75, 3.05) is 56.2 Å².